The number of rotatable bonds is 5. The number of nitrogens with zero attached hydrogens (tertiary/aromatic N) is 4. The third kappa shape index (κ3) is 3.33. The van der Waals surface area contributed by atoms with Gasteiger partial charge in [0.25, 0.3) is 0 Å². The summed E-state index contributed by atoms with van der Waals surface area (Å²) in [6, 6.07) is 16.9. The molecule has 2 aliphatic heterocycles. The fraction of sp³-hybridized carbons (Fsp3) is 0.458. The van der Waals surface area contributed by atoms with Crippen molar-refractivity contribution in [1.82, 2.24) is 15.2 Å². The van der Waals surface area contributed by atoms with Gasteiger partial charge in [-0.2, -0.15) is 5.26 Å². The Kier molecular flexibility index (Phi) is 4.71. The summed E-state index contributed by atoms with van der Waals surface area (Å²) < 4.78 is 0. The van der Waals surface area contributed by atoms with E-state index in [1.54, 1.807) is 6.20 Å². The van der Waals surface area contributed by atoms with Gasteiger partial charge >= 0.3 is 0 Å². The summed E-state index contributed by atoms with van der Waals surface area (Å²) in [5.74, 6) is 1.62. The van der Waals surface area contributed by atoms with Crippen molar-refractivity contribution in [2.45, 2.75) is 43.8 Å². The van der Waals surface area contributed by atoms with Gasteiger partial charge in [-0.1, -0.05) is 37.3 Å². The van der Waals surface area contributed by atoms with Crippen LogP contribution in [0.1, 0.15) is 37.3 Å². The molecule has 1 saturated carbocycles. The van der Waals surface area contributed by atoms with E-state index in [1.807, 2.05) is 23.1 Å². The van der Waals surface area contributed by atoms with Crippen molar-refractivity contribution in [3.8, 4) is 6.07 Å². The Morgan fingerprint density at radius 2 is 2.03 bits per heavy atom. The van der Waals surface area contributed by atoms with Gasteiger partial charge in [0.15, 0.2) is 0 Å². The van der Waals surface area contributed by atoms with Crippen molar-refractivity contribution in [2.75, 3.05) is 24.5 Å². The molecule has 1 N–H and O–H groups in total. The summed E-state index contributed by atoms with van der Waals surface area (Å²) in [6.07, 6.45) is 4.88. The molecule has 6 nitrogen and oxygen atoms in total. The molecule has 2 saturated heterocycles. The zero-order valence-electron chi connectivity index (χ0n) is 17.3. The van der Waals surface area contributed by atoms with Crippen molar-refractivity contribution in [2.24, 2.45) is 5.92 Å². The number of benzene rings is 1. The monoisotopic (exact) mass is 401 g/mol. The van der Waals surface area contributed by atoms with Gasteiger partial charge in [0.2, 0.25) is 5.91 Å². The summed E-state index contributed by atoms with van der Waals surface area (Å²) in [4.78, 5) is 22.0. The minimum absolute atomic E-state index is 0.0164. The Labute approximate surface area is 177 Å². The Morgan fingerprint density at radius 1 is 1.23 bits per heavy atom. The summed E-state index contributed by atoms with van der Waals surface area (Å²) in [7, 11) is 0. The molecule has 0 spiro atoms. The zero-order chi connectivity index (χ0) is 20.7. The number of anilines is 1. The fourth-order valence-electron chi connectivity index (χ4n) is 5.20. The lowest BCUT2D eigenvalue weighted by Gasteiger charge is -2.42. The number of likely N-dealkylation sites (tertiary alicyclic amines) is 1. The van der Waals surface area contributed by atoms with Crippen molar-refractivity contribution in [1.29, 1.82) is 5.26 Å². The first-order valence-electron chi connectivity index (χ1n) is 10.8. The highest BCUT2D eigenvalue weighted by atomic mass is 16.2. The van der Waals surface area contributed by atoms with Crippen LogP contribution in [0, 0.1) is 17.2 Å². The Morgan fingerprint density at radius 3 is 2.67 bits per heavy atom. The van der Waals surface area contributed by atoms with Gasteiger partial charge in [0.1, 0.15) is 11.9 Å². The number of amides is 1. The highest BCUT2D eigenvalue weighted by Gasteiger charge is 2.47. The third-order valence-corrected chi connectivity index (χ3v) is 7.04. The third-order valence-electron chi connectivity index (χ3n) is 7.04. The van der Waals surface area contributed by atoms with Crippen LogP contribution in [0.25, 0.3) is 0 Å². The largest absolute Gasteiger partial charge is 0.347 e. The molecule has 3 fully saturated rings. The van der Waals surface area contributed by atoms with Crippen LogP contribution in [0.5, 0.6) is 0 Å². The molecule has 3 heterocycles. The number of nitrogens with one attached hydrogen (secondary N) is 1. The van der Waals surface area contributed by atoms with E-state index >= 15 is 0 Å². The molecular formula is C24H27N5O. The molecule has 6 heteroatoms. The van der Waals surface area contributed by atoms with Crippen LogP contribution in [-0.4, -0.2) is 47.5 Å². The quantitative estimate of drug-likeness (QED) is 0.834. The number of piperazine rings is 1. The van der Waals surface area contributed by atoms with Crippen LogP contribution in [0.15, 0.2) is 48.7 Å². The number of hydrogen-bond donors (Lipinski definition) is 1. The van der Waals surface area contributed by atoms with Gasteiger partial charge in [-0.3, -0.25) is 10.1 Å². The predicted molar refractivity (Wildman–Crippen MR) is 115 cm³/mol. The van der Waals surface area contributed by atoms with E-state index in [-0.39, 0.29) is 23.5 Å². The zero-order valence-corrected chi connectivity index (χ0v) is 17.3. The minimum atomic E-state index is -0.0164. The number of aromatic nitrogens is 1. The molecule has 1 aromatic carbocycles. The molecule has 2 aromatic rings. The second kappa shape index (κ2) is 7.41. The first kappa shape index (κ1) is 19.1. The van der Waals surface area contributed by atoms with E-state index in [0.29, 0.717) is 18.0 Å². The van der Waals surface area contributed by atoms with Crippen LogP contribution in [0.2, 0.25) is 0 Å². The van der Waals surface area contributed by atoms with E-state index in [1.165, 1.54) is 5.56 Å². The van der Waals surface area contributed by atoms with Crippen LogP contribution in [0.3, 0.4) is 0 Å². The summed E-state index contributed by atoms with van der Waals surface area (Å²) in [5.41, 5.74) is 1.84. The molecule has 5 rings (SSSR count). The first-order chi connectivity index (χ1) is 14.6. The van der Waals surface area contributed by atoms with Crippen LogP contribution < -0.4 is 10.2 Å². The van der Waals surface area contributed by atoms with Gasteiger partial charge < -0.3 is 9.80 Å². The molecule has 30 heavy (non-hydrogen) atoms. The normalized spacial score (nSPS) is 26.3. The molecule has 154 valence electrons. The summed E-state index contributed by atoms with van der Waals surface area (Å²) in [5, 5.41) is 12.6. The lowest BCUT2D eigenvalue weighted by atomic mass is 10.0. The van der Waals surface area contributed by atoms with Crippen LogP contribution >= 0.6 is 0 Å². The van der Waals surface area contributed by atoms with Crippen molar-refractivity contribution in [3.05, 3.63) is 59.8 Å². The molecule has 1 aliphatic carbocycles. The number of nitriles is 1. The average Bonchev–Trinajstić information content (AvgIpc) is 3.55. The minimum Gasteiger partial charge on any atom is -0.347 e. The maximum Gasteiger partial charge on any atom is 0.236 e. The second-order valence-corrected chi connectivity index (χ2v) is 8.96. The maximum absolute atomic E-state index is 13.0. The lowest BCUT2D eigenvalue weighted by Crippen LogP contribution is -2.58. The number of hydrogen-bond acceptors (Lipinski definition) is 5. The first-order valence-corrected chi connectivity index (χ1v) is 10.8. The SMILES string of the molecule is C[C@H]1CC2CN(C(=O)CNC3(c4ccccc4)CC3)CC1N2c1ccc(C#N)cn1. The highest BCUT2D eigenvalue weighted by Crippen LogP contribution is 2.45. The molecule has 1 amide bonds. The molecule has 3 atom stereocenters. The van der Waals surface area contributed by atoms with E-state index < -0.39 is 0 Å². The Bertz CT molecular complexity index is 963. The number of pyridine rings is 1. The standard InChI is InChI=1S/C24H27N5O/c1-17-11-20-15-28(16-21(17)29(20)22-8-7-18(12-25)13-26-22)23(30)14-27-24(9-10-24)19-5-3-2-4-6-19/h2-8,13,17,20-21,27H,9-11,14-16H2,1H3/t17-,20?,21?/m0/s1. The van der Waals surface area contributed by atoms with Gasteiger partial charge in [0, 0.05) is 30.9 Å². The highest BCUT2D eigenvalue weighted by molar-refractivity contribution is 5.79. The molecule has 3 aliphatic rings. The lowest BCUT2D eigenvalue weighted by molar-refractivity contribution is -0.131. The second-order valence-electron chi connectivity index (χ2n) is 8.96. The van der Waals surface area contributed by atoms with Crippen LogP contribution in [-0.2, 0) is 10.3 Å². The van der Waals surface area contributed by atoms with Crippen LogP contribution in [0.4, 0.5) is 5.82 Å². The maximum atomic E-state index is 13.0. The van der Waals surface area contributed by atoms with E-state index in [2.05, 4.69) is 52.5 Å². The average molecular weight is 402 g/mol. The molecule has 2 bridgehead atoms. The summed E-state index contributed by atoms with van der Waals surface area (Å²) in [6.45, 7) is 4.12. The topological polar surface area (TPSA) is 72.3 Å². The smallest absolute Gasteiger partial charge is 0.236 e. The van der Waals surface area contributed by atoms with Gasteiger partial charge in [0.05, 0.1) is 18.2 Å². The fourth-order valence-corrected chi connectivity index (χ4v) is 5.20. The summed E-state index contributed by atoms with van der Waals surface area (Å²) >= 11 is 0. The van der Waals surface area contributed by atoms with Crippen molar-refractivity contribution in [3.63, 3.8) is 0 Å². The van der Waals surface area contributed by atoms with E-state index in [4.69, 9.17) is 5.26 Å². The number of carbonyl (C=O) groups excluding carboxylic acids is 1. The molecule has 0 radical (unpaired) electrons. The predicted octanol–water partition coefficient (Wildman–Crippen LogP) is 2.66. The molecule has 2 unspecified atom stereocenters. The Hall–Kier alpha value is -2.91. The number of fused-ring (bicyclic) bond motifs is 2. The van der Waals surface area contributed by atoms with Gasteiger partial charge in [-0.25, -0.2) is 4.98 Å². The Balaban J connectivity index is 1.25. The van der Waals surface area contributed by atoms with Gasteiger partial charge in [-0.15, -0.1) is 0 Å². The van der Waals surface area contributed by atoms with Crippen molar-refractivity contribution < 1.29 is 4.79 Å². The van der Waals surface area contributed by atoms with Gasteiger partial charge in [-0.05, 0) is 42.9 Å². The van der Waals surface area contributed by atoms with E-state index in [9.17, 15) is 4.79 Å². The molecular weight excluding hydrogens is 374 g/mol. The number of carbonyl (C=O) groups is 1. The molecule has 1 aromatic heterocycles. The van der Waals surface area contributed by atoms with E-state index in [0.717, 1.165) is 38.2 Å². The van der Waals surface area contributed by atoms with Crippen molar-refractivity contribution >= 4 is 11.7 Å².